The molecule has 1 atom stereocenters. The molecular formula is C16H17F5N4O3S. The third-order valence-electron chi connectivity index (χ3n) is 4.60. The zero-order valence-electron chi connectivity index (χ0n) is 15.1. The number of alkyl halides is 5. The summed E-state index contributed by atoms with van der Waals surface area (Å²) in [6.45, 7) is 0. The smallest absolute Gasteiger partial charge is 0.392 e. The molecule has 1 unspecified atom stereocenters. The number of hydrogen-bond acceptors (Lipinski definition) is 5. The van der Waals surface area contributed by atoms with Gasteiger partial charge >= 0.3 is 6.18 Å². The monoisotopic (exact) mass is 440 g/mol. The summed E-state index contributed by atoms with van der Waals surface area (Å²) < 4.78 is 96.3. The number of halogens is 5. The molecule has 2 heterocycles. The van der Waals surface area contributed by atoms with E-state index >= 15 is 0 Å². The van der Waals surface area contributed by atoms with Crippen molar-refractivity contribution in [2.24, 2.45) is 5.92 Å². The Bertz CT molecular complexity index is 991. The van der Waals surface area contributed by atoms with Crippen molar-refractivity contribution in [1.82, 2.24) is 15.0 Å². The number of fused-ring (bicyclic) bond motifs is 1. The van der Waals surface area contributed by atoms with E-state index in [0.29, 0.717) is 0 Å². The zero-order valence-corrected chi connectivity index (χ0v) is 15.9. The van der Waals surface area contributed by atoms with Crippen LogP contribution in [0.5, 0.6) is 5.88 Å². The summed E-state index contributed by atoms with van der Waals surface area (Å²) in [6.07, 6.45) is -6.15. The Morgan fingerprint density at radius 3 is 2.72 bits per heavy atom. The van der Waals surface area contributed by atoms with Crippen molar-refractivity contribution in [3.8, 4) is 5.88 Å². The van der Waals surface area contributed by atoms with Gasteiger partial charge in [-0.25, -0.2) is 26.9 Å². The van der Waals surface area contributed by atoms with Gasteiger partial charge in [0.1, 0.15) is 4.90 Å². The Morgan fingerprint density at radius 1 is 1.38 bits per heavy atom. The second-order valence-corrected chi connectivity index (χ2v) is 8.17. The lowest BCUT2D eigenvalue weighted by atomic mass is 9.87. The predicted molar refractivity (Wildman–Crippen MR) is 91.5 cm³/mol. The fourth-order valence-corrected chi connectivity index (χ4v) is 4.43. The fourth-order valence-electron chi connectivity index (χ4n) is 3.22. The largest absolute Gasteiger partial charge is 0.481 e. The minimum Gasteiger partial charge on any atom is -0.481 e. The van der Waals surface area contributed by atoms with E-state index in [2.05, 4.69) is 19.7 Å². The summed E-state index contributed by atoms with van der Waals surface area (Å²) in [6, 6.07) is 0. The summed E-state index contributed by atoms with van der Waals surface area (Å²) in [5.41, 5.74) is 0.492. The maximum Gasteiger partial charge on any atom is 0.392 e. The number of aromatic amines is 1. The van der Waals surface area contributed by atoms with E-state index in [0.717, 1.165) is 12.4 Å². The van der Waals surface area contributed by atoms with Gasteiger partial charge in [-0.2, -0.15) is 18.2 Å². The topological polar surface area (TPSA) is 97.0 Å². The minimum absolute atomic E-state index is 0.00247. The highest BCUT2D eigenvalue weighted by Crippen LogP contribution is 2.38. The van der Waals surface area contributed by atoms with Gasteiger partial charge in [-0.3, -0.25) is 0 Å². The first kappa shape index (κ1) is 21.3. The standard InChI is InChI=1S/C16H17F5N4O3S/c1-28-14-8(4-13(17)18)6-23-15(24-14)25-29(26,27)12-7-22-11-5-9(16(19,20)21)2-3-10(11)12/h6-7,9,13,22H,2-5H2,1H3,(H,23,24,25). The Hall–Kier alpha value is -2.44. The first-order chi connectivity index (χ1) is 13.5. The van der Waals surface area contributed by atoms with Crippen molar-refractivity contribution in [2.45, 2.75) is 43.2 Å². The SMILES string of the molecule is COc1nc(NS(=O)(=O)c2c[nH]c3c2CCC(C(F)(F)F)C3)ncc1CC(F)F. The van der Waals surface area contributed by atoms with Crippen LogP contribution in [0.25, 0.3) is 0 Å². The van der Waals surface area contributed by atoms with Gasteiger partial charge in [0.2, 0.25) is 18.3 Å². The zero-order chi connectivity index (χ0) is 21.4. The van der Waals surface area contributed by atoms with Crippen LogP contribution in [0.2, 0.25) is 0 Å². The molecule has 0 radical (unpaired) electrons. The summed E-state index contributed by atoms with van der Waals surface area (Å²) in [7, 11) is -3.03. The molecule has 7 nitrogen and oxygen atoms in total. The Kier molecular flexibility index (Phi) is 5.70. The van der Waals surface area contributed by atoms with Crippen LogP contribution in [0.1, 0.15) is 23.2 Å². The van der Waals surface area contributed by atoms with Gasteiger partial charge < -0.3 is 9.72 Å². The number of aromatic nitrogens is 3. The van der Waals surface area contributed by atoms with Crippen molar-refractivity contribution in [2.75, 3.05) is 11.8 Å². The molecule has 0 spiro atoms. The maximum atomic E-state index is 12.9. The van der Waals surface area contributed by atoms with Crippen LogP contribution in [-0.4, -0.2) is 43.1 Å². The molecular weight excluding hydrogens is 423 g/mol. The highest BCUT2D eigenvalue weighted by Gasteiger charge is 2.42. The highest BCUT2D eigenvalue weighted by molar-refractivity contribution is 7.92. The van der Waals surface area contributed by atoms with Crippen LogP contribution in [0.4, 0.5) is 27.9 Å². The maximum absolute atomic E-state index is 12.9. The lowest BCUT2D eigenvalue weighted by molar-refractivity contribution is -0.177. The normalized spacial score (nSPS) is 17.3. The van der Waals surface area contributed by atoms with Crippen molar-refractivity contribution in [3.63, 3.8) is 0 Å². The molecule has 160 valence electrons. The predicted octanol–water partition coefficient (Wildman–Crippen LogP) is 3.09. The van der Waals surface area contributed by atoms with Gasteiger partial charge in [0, 0.05) is 30.1 Å². The average Bonchev–Trinajstić information content (AvgIpc) is 3.05. The summed E-state index contributed by atoms with van der Waals surface area (Å²) in [4.78, 5) is 9.90. The van der Waals surface area contributed by atoms with Crippen molar-refractivity contribution in [3.05, 3.63) is 29.2 Å². The summed E-state index contributed by atoms with van der Waals surface area (Å²) in [5.74, 6) is -2.15. The average molecular weight is 440 g/mol. The number of rotatable bonds is 6. The van der Waals surface area contributed by atoms with Gasteiger partial charge in [-0.05, 0) is 24.8 Å². The third kappa shape index (κ3) is 4.60. The quantitative estimate of drug-likeness (QED) is 0.673. The Balaban J connectivity index is 1.84. The van der Waals surface area contributed by atoms with E-state index in [-0.39, 0.29) is 46.9 Å². The molecule has 1 aliphatic carbocycles. The number of sulfonamides is 1. The van der Waals surface area contributed by atoms with E-state index in [1.54, 1.807) is 0 Å². The molecule has 0 saturated heterocycles. The molecule has 0 aromatic carbocycles. The van der Waals surface area contributed by atoms with Gasteiger partial charge in [0.25, 0.3) is 10.0 Å². The number of anilines is 1. The number of nitrogens with one attached hydrogen (secondary N) is 2. The number of nitrogens with zero attached hydrogens (tertiary/aromatic N) is 2. The van der Waals surface area contributed by atoms with Crippen LogP contribution in [0.15, 0.2) is 17.3 Å². The lowest BCUT2D eigenvalue weighted by Gasteiger charge is -2.24. The van der Waals surface area contributed by atoms with Crippen LogP contribution >= 0.6 is 0 Å². The molecule has 0 saturated carbocycles. The number of ether oxygens (including phenoxy) is 1. The van der Waals surface area contributed by atoms with Crippen LogP contribution < -0.4 is 9.46 Å². The second kappa shape index (κ2) is 7.76. The van der Waals surface area contributed by atoms with E-state index in [9.17, 15) is 30.4 Å². The van der Waals surface area contributed by atoms with Crippen LogP contribution in [-0.2, 0) is 29.3 Å². The van der Waals surface area contributed by atoms with Gasteiger partial charge in [0.15, 0.2) is 0 Å². The number of H-pyrrole nitrogens is 1. The Labute approximate surface area is 162 Å². The molecule has 13 heteroatoms. The fraction of sp³-hybridized carbons (Fsp3) is 0.500. The molecule has 0 fully saturated rings. The van der Waals surface area contributed by atoms with E-state index < -0.39 is 40.9 Å². The molecule has 0 bridgehead atoms. The minimum atomic E-state index is -4.36. The lowest BCUT2D eigenvalue weighted by Crippen LogP contribution is -2.29. The van der Waals surface area contributed by atoms with Gasteiger partial charge in [-0.15, -0.1) is 0 Å². The van der Waals surface area contributed by atoms with Crippen molar-refractivity contribution in [1.29, 1.82) is 0 Å². The number of methoxy groups -OCH3 is 1. The van der Waals surface area contributed by atoms with Crippen molar-refractivity contribution >= 4 is 16.0 Å². The first-order valence-corrected chi connectivity index (χ1v) is 9.96. The Morgan fingerprint density at radius 2 is 2.10 bits per heavy atom. The van der Waals surface area contributed by atoms with Crippen molar-refractivity contribution < 1.29 is 35.1 Å². The molecule has 3 rings (SSSR count). The highest BCUT2D eigenvalue weighted by atomic mass is 32.2. The molecule has 1 aliphatic rings. The third-order valence-corrected chi connectivity index (χ3v) is 6.00. The molecule has 2 aromatic rings. The molecule has 29 heavy (non-hydrogen) atoms. The summed E-state index contributed by atoms with van der Waals surface area (Å²) >= 11 is 0. The van der Waals surface area contributed by atoms with E-state index in [1.165, 1.54) is 7.11 Å². The molecule has 2 aromatic heterocycles. The molecule has 2 N–H and O–H groups in total. The van der Waals surface area contributed by atoms with E-state index in [1.807, 2.05) is 0 Å². The van der Waals surface area contributed by atoms with E-state index in [4.69, 9.17) is 4.74 Å². The second-order valence-electron chi connectivity index (χ2n) is 6.52. The van der Waals surface area contributed by atoms with Gasteiger partial charge in [-0.1, -0.05) is 0 Å². The molecule has 0 aliphatic heterocycles. The first-order valence-electron chi connectivity index (χ1n) is 8.48. The summed E-state index contributed by atoms with van der Waals surface area (Å²) in [5, 5.41) is 0. The number of hydrogen-bond donors (Lipinski definition) is 2. The van der Waals surface area contributed by atoms with Gasteiger partial charge in [0.05, 0.1) is 13.0 Å². The van der Waals surface area contributed by atoms with Crippen LogP contribution in [0, 0.1) is 5.92 Å². The van der Waals surface area contributed by atoms with Crippen LogP contribution in [0.3, 0.4) is 0 Å². The molecule has 0 amide bonds.